The average molecular weight is 719 g/mol. The molecule has 1 fully saturated rings. The smallest absolute Gasteiger partial charge is 0.379 e. The molecule has 2 N–H and O–H groups in total. The second kappa shape index (κ2) is 15.5. The number of hydrogen-bond donors (Lipinski definition) is 2. The van der Waals surface area contributed by atoms with Crippen molar-refractivity contribution in [2.24, 2.45) is 0 Å². The predicted molar refractivity (Wildman–Crippen MR) is 185 cm³/mol. The Morgan fingerprint density at radius 1 is 1.02 bits per heavy atom. The molecule has 0 aliphatic carbocycles. The maximum absolute atomic E-state index is 14.5. The molecule has 1 aromatic heterocycles. The van der Waals surface area contributed by atoms with Crippen molar-refractivity contribution < 1.29 is 36.7 Å². The highest BCUT2D eigenvalue weighted by molar-refractivity contribution is 6.05. The molecular formula is C38H38F4N6O4. The topological polar surface area (TPSA) is 109 Å². The van der Waals surface area contributed by atoms with Gasteiger partial charge in [0, 0.05) is 49.3 Å². The van der Waals surface area contributed by atoms with Gasteiger partial charge in [-0.1, -0.05) is 42.5 Å². The van der Waals surface area contributed by atoms with E-state index < -0.39 is 47.4 Å². The number of carbonyl (C=O) groups is 3. The fraction of sp³-hybridized carbons (Fsp3) is 0.316. The van der Waals surface area contributed by atoms with E-state index in [2.05, 4.69) is 15.5 Å². The monoisotopic (exact) mass is 718 g/mol. The summed E-state index contributed by atoms with van der Waals surface area (Å²) in [5.74, 6) is -2.96. The summed E-state index contributed by atoms with van der Waals surface area (Å²) in [6.45, 7) is 6.97. The van der Waals surface area contributed by atoms with Gasteiger partial charge in [0.1, 0.15) is 17.7 Å². The number of likely N-dealkylation sites (N-methyl/N-ethyl adjacent to an activating group) is 1. The SMILES string of the molecule is CCN1C(=O)[C@@H](NC(=O)c2cccc(C(F)(F)F)c2)[C@@H](c2ccc(F)cc2)c2c([C@@H](C)NC(=O)/C=C/CN3CCOCC3)nn(-c3ccccc3)c21. The van der Waals surface area contributed by atoms with E-state index in [0.717, 1.165) is 31.3 Å². The summed E-state index contributed by atoms with van der Waals surface area (Å²) in [7, 11) is 0. The van der Waals surface area contributed by atoms with Crippen LogP contribution in [0.1, 0.15) is 58.5 Å². The van der Waals surface area contributed by atoms with Crippen LogP contribution in [-0.2, 0) is 20.5 Å². The average Bonchev–Trinajstić information content (AvgIpc) is 3.53. The number of alkyl halides is 3. The molecule has 2 aliphatic rings. The third-order valence-corrected chi connectivity index (χ3v) is 9.15. The van der Waals surface area contributed by atoms with Gasteiger partial charge < -0.3 is 15.4 Å². The van der Waals surface area contributed by atoms with Crippen LogP contribution >= 0.6 is 0 Å². The number of para-hydroxylation sites is 1. The molecule has 0 spiro atoms. The summed E-state index contributed by atoms with van der Waals surface area (Å²) >= 11 is 0. The largest absolute Gasteiger partial charge is 0.416 e. The number of ether oxygens (including phenoxy) is 1. The first-order valence-electron chi connectivity index (χ1n) is 17.0. The molecule has 2 aliphatic heterocycles. The maximum atomic E-state index is 14.5. The minimum atomic E-state index is -4.69. The van der Waals surface area contributed by atoms with Crippen LogP contribution in [-0.4, -0.2) is 77.8 Å². The van der Waals surface area contributed by atoms with Gasteiger partial charge in [0.15, 0.2) is 0 Å². The molecule has 0 radical (unpaired) electrons. The van der Waals surface area contributed by atoms with Crippen molar-refractivity contribution in [3.8, 4) is 5.69 Å². The van der Waals surface area contributed by atoms with Crippen molar-refractivity contribution in [2.75, 3.05) is 44.3 Å². The van der Waals surface area contributed by atoms with Crippen LogP contribution < -0.4 is 15.5 Å². The van der Waals surface area contributed by atoms with Gasteiger partial charge >= 0.3 is 6.18 Å². The number of nitrogens with one attached hydrogen (secondary N) is 2. The normalized spacial score (nSPS) is 18.7. The van der Waals surface area contributed by atoms with Crippen LogP contribution in [0.15, 0.2) is 91.0 Å². The lowest BCUT2D eigenvalue weighted by molar-refractivity contribution is -0.137. The Hall–Kier alpha value is -5.34. The molecule has 10 nitrogen and oxygen atoms in total. The van der Waals surface area contributed by atoms with Crippen LogP contribution in [0.2, 0.25) is 0 Å². The number of aromatic nitrogens is 2. The number of nitrogens with zero attached hydrogens (tertiary/aromatic N) is 4. The number of amides is 3. The van der Waals surface area contributed by atoms with Crippen molar-refractivity contribution >= 4 is 23.5 Å². The summed E-state index contributed by atoms with van der Waals surface area (Å²) < 4.78 is 62.0. The Kier molecular flexibility index (Phi) is 10.9. The van der Waals surface area contributed by atoms with Gasteiger partial charge in [-0.25, -0.2) is 9.07 Å². The zero-order valence-corrected chi connectivity index (χ0v) is 28.6. The quantitative estimate of drug-likeness (QED) is 0.168. The van der Waals surface area contributed by atoms with Crippen LogP contribution in [0, 0.1) is 5.82 Å². The number of carbonyl (C=O) groups excluding carboxylic acids is 3. The molecule has 3 heterocycles. The molecule has 14 heteroatoms. The first-order valence-corrected chi connectivity index (χ1v) is 17.0. The van der Waals surface area contributed by atoms with E-state index in [1.165, 1.54) is 41.3 Å². The van der Waals surface area contributed by atoms with E-state index in [-0.39, 0.29) is 18.0 Å². The second-order valence-electron chi connectivity index (χ2n) is 12.6. The van der Waals surface area contributed by atoms with Gasteiger partial charge in [-0.05, 0) is 61.9 Å². The third kappa shape index (κ3) is 7.77. The van der Waals surface area contributed by atoms with E-state index in [4.69, 9.17) is 9.84 Å². The molecule has 6 rings (SSSR count). The zero-order chi connectivity index (χ0) is 37.0. The summed E-state index contributed by atoms with van der Waals surface area (Å²) in [5.41, 5.74) is 0.615. The zero-order valence-electron chi connectivity index (χ0n) is 28.6. The number of rotatable bonds is 10. The minimum absolute atomic E-state index is 0.140. The standard InChI is InChI=1S/C38H38F4N6O4/c1-3-47-36-32(33(45-48(36)29-11-5-4-6-12-29)24(2)43-30(49)13-8-18-46-19-21-52-22-20-46)31(25-14-16-28(39)17-15-25)34(37(47)51)44-35(50)26-9-7-10-27(23-26)38(40,41)42/h4-17,23-24,31,34H,3,18-22H2,1-2H3,(H,43,49)(H,44,50)/b13-8+/t24-,31+,34+/m1/s1. The summed E-state index contributed by atoms with van der Waals surface area (Å²) in [6.07, 6.45) is -1.48. The molecular weight excluding hydrogens is 680 g/mol. The number of morpholine rings is 1. The Morgan fingerprint density at radius 3 is 2.40 bits per heavy atom. The summed E-state index contributed by atoms with van der Waals surface area (Å²) in [4.78, 5) is 45.0. The second-order valence-corrected chi connectivity index (χ2v) is 12.6. The van der Waals surface area contributed by atoms with Crippen molar-refractivity contribution in [1.82, 2.24) is 25.3 Å². The lowest BCUT2D eigenvalue weighted by Gasteiger charge is -2.39. The summed E-state index contributed by atoms with van der Waals surface area (Å²) in [5, 5.41) is 10.6. The van der Waals surface area contributed by atoms with Crippen LogP contribution in [0.5, 0.6) is 0 Å². The molecule has 3 atom stereocenters. The van der Waals surface area contributed by atoms with E-state index in [0.29, 0.717) is 48.1 Å². The Morgan fingerprint density at radius 2 is 1.73 bits per heavy atom. The van der Waals surface area contributed by atoms with E-state index in [9.17, 15) is 31.9 Å². The molecule has 0 unspecified atom stereocenters. The Bertz CT molecular complexity index is 1940. The molecule has 272 valence electrons. The van der Waals surface area contributed by atoms with Gasteiger partial charge in [-0.2, -0.15) is 18.3 Å². The Balaban J connectivity index is 1.44. The predicted octanol–water partition coefficient (Wildman–Crippen LogP) is 5.39. The molecule has 3 aromatic carbocycles. The van der Waals surface area contributed by atoms with Crippen molar-refractivity contribution in [3.05, 3.63) is 125 Å². The van der Waals surface area contributed by atoms with Crippen molar-refractivity contribution in [3.63, 3.8) is 0 Å². The highest BCUT2D eigenvalue weighted by Gasteiger charge is 2.47. The van der Waals surface area contributed by atoms with Crippen LogP contribution in [0.3, 0.4) is 0 Å². The highest BCUT2D eigenvalue weighted by Crippen LogP contribution is 2.45. The van der Waals surface area contributed by atoms with E-state index in [1.807, 2.05) is 18.2 Å². The van der Waals surface area contributed by atoms with E-state index in [1.54, 1.807) is 36.7 Å². The number of halogens is 4. The highest BCUT2D eigenvalue weighted by atomic mass is 19.4. The van der Waals surface area contributed by atoms with Crippen molar-refractivity contribution in [2.45, 2.75) is 38.0 Å². The number of hydrogen-bond acceptors (Lipinski definition) is 6. The maximum Gasteiger partial charge on any atom is 0.416 e. The molecule has 3 amide bonds. The van der Waals surface area contributed by atoms with Gasteiger partial charge in [-0.3, -0.25) is 24.2 Å². The van der Waals surface area contributed by atoms with Crippen molar-refractivity contribution in [1.29, 1.82) is 0 Å². The molecule has 4 aromatic rings. The van der Waals surface area contributed by atoms with Crippen LogP contribution in [0.4, 0.5) is 23.4 Å². The third-order valence-electron chi connectivity index (χ3n) is 9.15. The van der Waals surface area contributed by atoms with Gasteiger partial charge in [0.05, 0.1) is 36.2 Å². The molecule has 52 heavy (non-hydrogen) atoms. The van der Waals surface area contributed by atoms with E-state index >= 15 is 0 Å². The van der Waals surface area contributed by atoms with Gasteiger partial charge in [-0.15, -0.1) is 0 Å². The van der Waals surface area contributed by atoms with Gasteiger partial charge in [0.2, 0.25) is 5.91 Å². The molecule has 0 bridgehead atoms. The Labute approximate surface area is 298 Å². The number of benzene rings is 3. The molecule has 0 saturated carbocycles. The van der Waals surface area contributed by atoms with Crippen LogP contribution in [0.25, 0.3) is 5.69 Å². The molecule has 1 saturated heterocycles. The lowest BCUT2D eigenvalue weighted by atomic mass is 9.80. The first-order chi connectivity index (χ1) is 25.0. The lowest BCUT2D eigenvalue weighted by Crippen LogP contribution is -2.55. The fourth-order valence-electron chi connectivity index (χ4n) is 6.61. The number of anilines is 1. The number of fused-ring (bicyclic) bond motifs is 1. The fourth-order valence-corrected chi connectivity index (χ4v) is 6.61. The van der Waals surface area contributed by atoms with Gasteiger partial charge in [0.25, 0.3) is 11.8 Å². The summed E-state index contributed by atoms with van der Waals surface area (Å²) in [6, 6.07) is 16.4. The first kappa shape index (κ1) is 36.5. The minimum Gasteiger partial charge on any atom is -0.379 e.